The standard InChI is InChI=1S/C21H23N7O5S/c1-2-23-19(29)26-20-24-5-3-16(18(25-12-34-20)32-11-13-4-6-31-10-13)14-7-15(9-22-8-14)17-27-28-21(30)33-17/h3,5,7-9,12-13H,2,4,6,10-11H2,1H3,(H,28,30)(H2,23,24,26,29). The molecule has 2 amide bonds. The predicted octanol–water partition coefficient (Wildman–Crippen LogP) is 2.62. The Labute approximate surface area is 198 Å². The number of amides is 2. The molecular formula is C21H23N7O5S. The molecule has 12 nitrogen and oxygen atoms in total. The largest absolute Gasteiger partial charge is 0.477 e. The van der Waals surface area contributed by atoms with Crippen molar-refractivity contribution < 1.29 is 18.7 Å². The number of carbonyl (C=O) groups is 1. The Morgan fingerprint density at radius 1 is 1.32 bits per heavy atom. The second-order valence-corrected chi connectivity index (χ2v) is 8.06. The van der Waals surface area contributed by atoms with Crippen LogP contribution in [-0.2, 0) is 4.74 Å². The van der Waals surface area contributed by atoms with Gasteiger partial charge in [-0.05, 0) is 25.5 Å². The van der Waals surface area contributed by atoms with Gasteiger partial charge in [0.25, 0.3) is 5.89 Å². The van der Waals surface area contributed by atoms with Gasteiger partial charge >= 0.3 is 11.8 Å². The number of nitrogens with zero attached hydrogens (tertiary/aromatic N) is 4. The molecule has 34 heavy (non-hydrogen) atoms. The number of pyridine rings is 1. The maximum Gasteiger partial charge on any atom is 0.434 e. The molecule has 1 fully saturated rings. The number of ether oxygens (including phenoxy) is 2. The van der Waals surface area contributed by atoms with Crippen molar-refractivity contribution in [2.45, 2.75) is 13.3 Å². The van der Waals surface area contributed by atoms with Gasteiger partial charge in [-0.3, -0.25) is 10.3 Å². The summed E-state index contributed by atoms with van der Waals surface area (Å²) in [5.74, 6) is 0.0747. The lowest BCUT2D eigenvalue weighted by Gasteiger charge is -2.12. The fourth-order valence-electron chi connectivity index (χ4n) is 3.14. The molecule has 0 spiro atoms. The number of aromatic amines is 1. The lowest BCUT2D eigenvalue weighted by Crippen LogP contribution is -2.28. The van der Waals surface area contributed by atoms with E-state index in [0.717, 1.165) is 17.8 Å². The minimum absolute atomic E-state index is 0.114. The van der Waals surface area contributed by atoms with E-state index in [-0.39, 0.29) is 17.8 Å². The van der Waals surface area contributed by atoms with Crippen LogP contribution < -0.4 is 21.1 Å². The molecule has 3 aromatic rings. The molecule has 13 heteroatoms. The van der Waals surface area contributed by atoms with E-state index in [0.29, 0.717) is 54.1 Å². The highest BCUT2D eigenvalue weighted by atomic mass is 32.1. The van der Waals surface area contributed by atoms with Crippen molar-refractivity contribution in [2.24, 2.45) is 5.92 Å². The first-order valence-electron chi connectivity index (χ1n) is 10.6. The Morgan fingerprint density at radius 3 is 2.97 bits per heavy atom. The van der Waals surface area contributed by atoms with E-state index in [4.69, 9.17) is 13.9 Å². The Morgan fingerprint density at radius 2 is 2.21 bits per heavy atom. The van der Waals surface area contributed by atoms with Crippen LogP contribution in [0.4, 0.5) is 9.93 Å². The van der Waals surface area contributed by atoms with Crippen molar-refractivity contribution >= 4 is 22.5 Å². The smallest absolute Gasteiger partial charge is 0.434 e. The first-order chi connectivity index (χ1) is 16.6. The number of hydrogen-bond donors (Lipinski definition) is 3. The topological polar surface area (TPSA) is 157 Å². The van der Waals surface area contributed by atoms with Crippen molar-refractivity contribution in [1.82, 2.24) is 30.5 Å². The van der Waals surface area contributed by atoms with Gasteiger partial charge in [0.05, 0.1) is 24.3 Å². The van der Waals surface area contributed by atoms with E-state index >= 15 is 0 Å². The molecule has 1 unspecified atom stereocenters. The summed E-state index contributed by atoms with van der Waals surface area (Å²) in [6.45, 7) is 4.09. The third-order valence-corrected chi connectivity index (χ3v) is 5.41. The number of nitrogens with one attached hydrogen (secondary N) is 3. The molecule has 4 heterocycles. The van der Waals surface area contributed by atoms with E-state index in [2.05, 4.69) is 35.8 Å². The van der Waals surface area contributed by atoms with E-state index in [1.165, 1.54) is 6.20 Å². The van der Waals surface area contributed by atoms with Crippen molar-refractivity contribution in [2.75, 3.05) is 31.7 Å². The van der Waals surface area contributed by atoms with E-state index < -0.39 is 5.76 Å². The zero-order valence-corrected chi connectivity index (χ0v) is 19.1. The number of hydrogen-bond acceptors (Lipinski definition) is 10. The summed E-state index contributed by atoms with van der Waals surface area (Å²) in [6.07, 6.45) is 5.62. The zero-order valence-electron chi connectivity index (χ0n) is 18.3. The number of anilines is 1. The summed E-state index contributed by atoms with van der Waals surface area (Å²) < 4.78 is 16.6. The van der Waals surface area contributed by atoms with Crippen molar-refractivity contribution in [3.63, 3.8) is 0 Å². The molecule has 3 aromatic heterocycles. The van der Waals surface area contributed by atoms with Crippen LogP contribution in [0.2, 0.25) is 0 Å². The summed E-state index contributed by atoms with van der Waals surface area (Å²) >= 11 is 1.14. The highest BCUT2D eigenvalue weighted by Gasteiger charge is 2.18. The van der Waals surface area contributed by atoms with Gasteiger partial charge in [-0.15, -0.1) is 5.10 Å². The van der Waals surface area contributed by atoms with Crippen molar-refractivity contribution in [1.29, 1.82) is 0 Å². The molecule has 0 aliphatic carbocycles. The minimum atomic E-state index is -0.659. The van der Waals surface area contributed by atoms with Gasteiger partial charge in [0.15, 0.2) is 5.13 Å². The Hall–Kier alpha value is -3.84. The molecule has 178 valence electrons. The van der Waals surface area contributed by atoms with E-state index in [9.17, 15) is 9.59 Å². The number of urea groups is 1. The van der Waals surface area contributed by atoms with E-state index in [1.54, 1.807) is 30.0 Å². The fourth-order valence-corrected chi connectivity index (χ4v) is 3.66. The minimum Gasteiger partial charge on any atom is -0.477 e. The highest BCUT2D eigenvalue weighted by molar-refractivity contribution is 7.13. The number of rotatable bonds is 7. The summed E-state index contributed by atoms with van der Waals surface area (Å²) in [4.78, 5) is 36.3. The summed E-state index contributed by atoms with van der Waals surface area (Å²) in [6, 6.07) is 3.11. The van der Waals surface area contributed by atoms with Gasteiger partial charge in [0.2, 0.25) is 5.88 Å². The van der Waals surface area contributed by atoms with Crippen LogP contribution >= 0.6 is 11.3 Å². The predicted molar refractivity (Wildman–Crippen MR) is 124 cm³/mol. The zero-order chi connectivity index (χ0) is 23.8. The second-order valence-electron chi connectivity index (χ2n) is 7.23. The Bertz CT molecular complexity index is 1230. The molecule has 1 saturated heterocycles. The molecule has 1 aliphatic heterocycles. The quantitative estimate of drug-likeness (QED) is 0.457. The molecule has 1 aliphatic rings. The number of H-pyrrole nitrogens is 1. The van der Waals surface area contributed by atoms with Crippen LogP contribution in [0, 0.1) is 5.92 Å². The monoisotopic (exact) mass is 485 g/mol. The normalized spacial score (nSPS) is 14.9. The third-order valence-electron chi connectivity index (χ3n) is 4.77. The molecule has 0 radical (unpaired) electrons. The third kappa shape index (κ3) is 6.14. The van der Waals surface area contributed by atoms with Crippen LogP contribution in [0.5, 0.6) is 5.88 Å². The summed E-state index contributed by atoms with van der Waals surface area (Å²) in [5.41, 5.74) is 3.30. The maximum atomic E-state index is 11.9. The van der Waals surface area contributed by atoms with Crippen LogP contribution in [-0.4, -0.2) is 57.5 Å². The molecule has 0 aromatic carbocycles. The lowest BCUT2D eigenvalue weighted by atomic mass is 10.1. The Balaban J connectivity index is 1.72. The summed E-state index contributed by atoms with van der Waals surface area (Å²) in [7, 11) is 0. The van der Waals surface area contributed by atoms with Gasteiger partial charge in [0, 0.05) is 48.8 Å². The SMILES string of the molecule is CCNC(=O)Nc1nccc(-c2cncc(-c3n[nH]c(=O)o3)c2)c(OCC2CCOC2)ncs1. The van der Waals surface area contributed by atoms with E-state index in [1.807, 2.05) is 6.92 Å². The molecule has 4 rings (SSSR count). The second kappa shape index (κ2) is 11.3. The maximum absolute atomic E-state index is 11.9. The van der Waals surface area contributed by atoms with Crippen LogP contribution in [0.15, 0.2) is 45.4 Å². The Kier molecular flexibility index (Phi) is 7.78. The summed E-state index contributed by atoms with van der Waals surface area (Å²) in [5, 5.41) is 11.8. The van der Waals surface area contributed by atoms with Crippen LogP contribution in [0.1, 0.15) is 13.3 Å². The average molecular weight is 486 g/mol. The number of aromatic nitrogens is 5. The fraction of sp³-hybridized carbons (Fsp3) is 0.333. The van der Waals surface area contributed by atoms with Gasteiger partial charge in [0.1, 0.15) is 0 Å². The lowest BCUT2D eigenvalue weighted by molar-refractivity contribution is 0.166. The van der Waals surface area contributed by atoms with Gasteiger partial charge < -0.3 is 19.2 Å². The molecular weight excluding hydrogens is 462 g/mol. The average Bonchev–Trinajstić information content (AvgIpc) is 3.52. The van der Waals surface area contributed by atoms with Gasteiger partial charge in [-0.2, -0.15) is 0 Å². The molecule has 3 N–H and O–H groups in total. The van der Waals surface area contributed by atoms with Crippen molar-refractivity contribution in [3.05, 3.63) is 46.8 Å². The highest BCUT2D eigenvalue weighted by Crippen LogP contribution is 2.30. The van der Waals surface area contributed by atoms with Crippen LogP contribution in [0.3, 0.4) is 0 Å². The molecule has 1 atom stereocenters. The van der Waals surface area contributed by atoms with Gasteiger partial charge in [-0.25, -0.2) is 24.7 Å². The molecule has 0 bridgehead atoms. The van der Waals surface area contributed by atoms with Gasteiger partial charge in [-0.1, -0.05) is 11.3 Å². The number of carbonyl (C=O) groups excluding carboxylic acids is 1. The van der Waals surface area contributed by atoms with Crippen molar-refractivity contribution in [3.8, 4) is 28.5 Å². The first-order valence-corrected chi connectivity index (χ1v) is 11.4. The first kappa shape index (κ1) is 23.3. The molecule has 0 saturated carbocycles. The van der Waals surface area contributed by atoms with Crippen LogP contribution in [0.25, 0.3) is 22.6 Å².